The second kappa shape index (κ2) is 5.80. The van der Waals surface area contributed by atoms with Crippen molar-refractivity contribution in [2.75, 3.05) is 5.32 Å². The Bertz CT molecular complexity index is 384. The molecule has 0 saturated heterocycles. The second-order valence-electron chi connectivity index (χ2n) is 4.90. The fourth-order valence-corrected chi connectivity index (χ4v) is 2.45. The Morgan fingerprint density at radius 1 is 1.41 bits per heavy atom. The lowest BCUT2D eigenvalue weighted by Gasteiger charge is -2.08. The molecule has 1 saturated carbocycles. The molecule has 0 atom stereocenters. The lowest BCUT2D eigenvalue weighted by molar-refractivity contribution is -0.116. The number of nitrogens with zero attached hydrogens (tertiary/aromatic N) is 1. The van der Waals surface area contributed by atoms with Crippen molar-refractivity contribution in [3.63, 3.8) is 0 Å². The summed E-state index contributed by atoms with van der Waals surface area (Å²) in [5.74, 6) is 1.53. The minimum atomic E-state index is 0.0926. The number of aryl methyl sites for hydroxylation is 1. The molecule has 1 heterocycles. The summed E-state index contributed by atoms with van der Waals surface area (Å²) < 4.78 is 0. The molecule has 1 aliphatic carbocycles. The maximum Gasteiger partial charge on any atom is 0.225 e. The molecular weight excluding hydrogens is 212 g/mol. The molecule has 92 valence electrons. The molecule has 0 spiro atoms. The summed E-state index contributed by atoms with van der Waals surface area (Å²) in [5.41, 5.74) is 0.929. The van der Waals surface area contributed by atoms with Gasteiger partial charge in [-0.25, -0.2) is 4.98 Å². The number of amides is 1. The molecule has 1 amide bonds. The summed E-state index contributed by atoms with van der Waals surface area (Å²) in [4.78, 5) is 16.0. The molecule has 0 radical (unpaired) electrons. The Balaban J connectivity index is 1.76. The molecular formula is C14H20N2O. The number of aromatic nitrogens is 1. The number of nitrogens with one attached hydrogen (secondary N) is 1. The zero-order chi connectivity index (χ0) is 12.1. The van der Waals surface area contributed by atoms with Gasteiger partial charge in [0.2, 0.25) is 5.91 Å². The molecule has 3 nitrogen and oxygen atoms in total. The van der Waals surface area contributed by atoms with Gasteiger partial charge in [0.05, 0.1) is 0 Å². The third-order valence-electron chi connectivity index (χ3n) is 3.41. The Morgan fingerprint density at radius 3 is 2.88 bits per heavy atom. The second-order valence-corrected chi connectivity index (χ2v) is 4.90. The van der Waals surface area contributed by atoms with Crippen LogP contribution in [0.4, 0.5) is 5.82 Å². The first-order valence-corrected chi connectivity index (χ1v) is 6.47. The van der Waals surface area contributed by atoms with Gasteiger partial charge in [0, 0.05) is 12.1 Å². The van der Waals surface area contributed by atoms with E-state index in [0.717, 1.165) is 18.0 Å². The lowest BCUT2D eigenvalue weighted by atomic mass is 10.0. The van der Waals surface area contributed by atoms with E-state index in [1.54, 1.807) is 0 Å². The molecule has 17 heavy (non-hydrogen) atoms. The Hall–Kier alpha value is -1.38. The van der Waals surface area contributed by atoms with Crippen molar-refractivity contribution in [2.24, 2.45) is 5.92 Å². The summed E-state index contributed by atoms with van der Waals surface area (Å²) in [6.07, 6.45) is 6.93. The van der Waals surface area contributed by atoms with Gasteiger partial charge in [0.1, 0.15) is 5.82 Å². The van der Waals surface area contributed by atoms with Crippen molar-refractivity contribution in [1.29, 1.82) is 0 Å². The molecule has 1 aromatic rings. The molecule has 1 fully saturated rings. The fraction of sp³-hybridized carbons (Fsp3) is 0.571. The van der Waals surface area contributed by atoms with Gasteiger partial charge >= 0.3 is 0 Å². The van der Waals surface area contributed by atoms with Gasteiger partial charge in [0.25, 0.3) is 0 Å². The Kier molecular flexibility index (Phi) is 4.13. The highest BCUT2D eigenvalue weighted by Gasteiger charge is 2.16. The van der Waals surface area contributed by atoms with Gasteiger partial charge in [-0.05, 0) is 31.4 Å². The quantitative estimate of drug-likeness (QED) is 0.865. The standard InChI is InChI=1S/C14H20N2O/c1-11-5-4-8-13(15-11)16-14(17)10-9-12-6-2-3-7-12/h4-5,8,12H,2-3,6-7,9-10H2,1H3,(H,15,16,17). The van der Waals surface area contributed by atoms with Crippen LogP contribution in [-0.2, 0) is 4.79 Å². The van der Waals surface area contributed by atoms with E-state index in [0.29, 0.717) is 12.2 Å². The van der Waals surface area contributed by atoms with Crippen LogP contribution >= 0.6 is 0 Å². The van der Waals surface area contributed by atoms with Gasteiger partial charge in [-0.3, -0.25) is 4.79 Å². The molecule has 0 aromatic carbocycles. The average molecular weight is 232 g/mol. The van der Waals surface area contributed by atoms with Crippen molar-refractivity contribution in [2.45, 2.75) is 45.4 Å². The van der Waals surface area contributed by atoms with Crippen LogP contribution in [0.5, 0.6) is 0 Å². The van der Waals surface area contributed by atoms with Gasteiger partial charge < -0.3 is 5.32 Å². The van der Waals surface area contributed by atoms with Crippen molar-refractivity contribution in [3.05, 3.63) is 23.9 Å². The van der Waals surface area contributed by atoms with Gasteiger partial charge in [-0.15, -0.1) is 0 Å². The highest BCUT2D eigenvalue weighted by atomic mass is 16.1. The van der Waals surface area contributed by atoms with E-state index >= 15 is 0 Å². The number of hydrogen-bond acceptors (Lipinski definition) is 2. The number of pyridine rings is 1. The molecule has 1 aliphatic rings. The number of carbonyl (C=O) groups is 1. The molecule has 0 aliphatic heterocycles. The van der Waals surface area contributed by atoms with E-state index in [9.17, 15) is 4.79 Å². The Labute approximate surface area is 103 Å². The fourth-order valence-electron chi connectivity index (χ4n) is 2.45. The van der Waals surface area contributed by atoms with Crippen LogP contribution in [0.3, 0.4) is 0 Å². The summed E-state index contributed by atoms with van der Waals surface area (Å²) in [7, 11) is 0. The highest BCUT2D eigenvalue weighted by Crippen LogP contribution is 2.28. The number of carbonyl (C=O) groups excluding carboxylic acids is 1. The average Bonchev–Trinajstić information content (AvgIpc) is 2.79. The van der Waals surface area contributed by atoms with Crippen LogP contribution in [0.2, 0.25) is 0 Å². The molecule has 0 unspecified atom stereocenters. The summed E-state index contributed by atoms with van der Waals surface area (Å²) in [5, 5.41) is 2.86. The predicted molar refractivity (Wildman–Crippen MR) is 68.8 cm³/mol. The summed E-state index contributed by atoms with van der Waals surface area (Å²) >= 11 is 0. The van der Waals surface area contributed by atoms with Crippen molar-refractivity contribution < 1.29 is 4.79 Å². The van der Waals surface area contributed by atoms with Crippen LogP contribution < -0.4 is 5.32 Å². The van der Waals surface area contributed by atoms with Gasteiger partial charge in [-0.1, -0.05) is 31.7 Å². The first-order chi connectivity index (χ1) is 8.24. The maximum absolute atomic E-state index is 11.7. The smallest absolute Gasteiger partial charge is 0.225 e. The summed E-state index contributed by atoms with van der Waals surface area (Å²) in [6, 6.07) is 5.67. The van der Waals surface area contributed by atoms with Crippen LogP contribution in [0.15, 0.2) is 18.2 Å². The monoisotopic (exact) mass is 232 g/mol. The minimum Gasteiger partial charge on any atom is -0.311 e. The largest absolute Gasteiger partial charge is 0.311 e. The van der Waals surface area contributed by atoms with Crippen LogP contribution in [0, 0.1) is 12.8 Å². The summed E-state index contributed by atoms with van der Waals surface area (Å²) in [6.45, 7) is 1.92. The van der Waals surface area contributed by atoms with E-state index in [1.807, 2.05) is 25.1 Å². The van der Waals surface area contributed by atoms with Crippen LogP contribution in [0.25, 0.3) is 0 Å². The normalized spacial score (nSPS) is 16.1. The van der Waals surface area contributed by atoms with Crippen molar-refractivity contribution in [3.8, 4) is 0 Å². The molecule has 1 aromatic heterocycles. The van der Waals surface area contributed by atoms with E-state index < -0.39 is 0 Å². The first kappa shape index (κ1) is 12.1. The van der Waals surface area contributed by atoms with E-state index in [2.05, 4.69) is 10.3 Å². The number of rotatable bonds is 4. The van der Waals surface area contributed by atoms with E-state index in [-0.39, 0.29) is 5.91 Å². The lowest BCUT2D eigenvalue weighted by Crippen LogP contribution is -2.13. The van der Waals surface area contributed by atoms with E-state index in [4.69, 9.17) is 0 Å². The highest BCUT2D eigenvalue weighted by molar-refractivity contribution is 5.89. The van der Waals surface area contributed by atoms with Gasteiger partial charge in [0.15, 0.2) is 0 Å². The molecule has 2 rings (SSSR count). The predicted octanol–water partition coefficient (Wildman–Crippen LogP) is 3.30. The molecule has 0 bridgehead atoms. The molecule has 1 N–H and O–H groups in total. The third-order valence-corrected chi connectivity index (χ3v) is 3.41. The first-order valence-electron chi connectivity index (χ1n) is 6.47. The Morgan fingerprint density at radius 2 is 2.18 bits per heavy atom. The molecule has 3 heteroatoms. The third kappa shape index (κ3) is 3.84. The maximum atomic E-state index is 11.7. The van der Waals surface area contributed by atoms with Crippen molar-refractivity contribution in [1.82, 2.24) is 4.98 Å². The van der Waals surface area contributed by atoms with Crippen molar-refractivity contribution >= 4 is 11.7 Å². The zero-order valence-electron chi connectivity index (χ0n) is 10.4. The van der Waals surface area contributed by atoms with Crippen LogP contribution in [0.1, 0.15) is 44.2 Å². The number of hydrogen-bond donors (Lipinski definition) is 1. The van der Waals surface area contributed by atoms with Gasteiger partial charge in [-0.2, -0.15) is 0 Å². The SMILES string of the molecule is Cc1cccc(NC(=O)CCC2CCCC2)n1. The zero-order valence-corrected chi connectivity index (χ0v) is 10.4. The van der Waals surface area contributed by atoms with Crippen LogP contribution in [-0.4, -0.2) is 10.9 Å². The topological polar surface area (TPSA) is 42.0 Å². The number of anilines is 1. The minimum absolute atomic E-state index is 0.0926. The van der Waals surface area contributed by atoms with E-state index in [1.165, 1.54) is 25.7 Å².